The number of amides is 1. The van der Waals surface area contributed by atoms with Crippen LogP contribution in [0.25, 0.3) is 10.2 Å². The average molecular weight is 286 g/mol. The molecule has 0 aliphatic rings. The Hall–Kier alpha value is -2.14. The Kier molecular flexibility index (Phi) is 3.28. The van der Waals surface area contributed by atoms with E-state index in [0.717, 1.165) is 22.4 Å². The van der Waals surface area contributed by atoms with E-state index in [9.17, 15) is 4.79 Å². The van der Waals surface area contributed by atoms with E-state index in [4.69, 9.17) is 4.42 Å². The van der Waals surface area contributed by atoms with E-state index in [0.29, 0.717) is 10.9 Å². The lowest BCUT2D eigenvalue weighted by Crippen LogP contribution is -2.25. The van der Waals surface area contributed by atoms with Crippen LogP contribution < -0.4 is 4.90 Å². The lowest BCUT2D eigenvalue weighted by molar-refractivity contribution is 0.0965. The zero-order valence-corrected chi connectivity index (χ0v) is 12.1. The van der Waals surface area contributed by atoms with Gasteiger partial charge in [-0.05, 0) is 24.3 Å². The predicted molar refractivity (Wildman–Crippen MR) is 80.4 cm³/mol. The molecule has 2 heterocycles. The predicted octanol–water partition coefficient (Wildman–Crippen LogP) is 3.73. The van der Waals surface area contributed by atoms with Crippen LogP contribution in [-0.2, 0) is 6.42 Å². The molecule has 0 unspecified atom stereocenters. The first kappa shape index (κ1) is 12.9. The molecule has 0 saturated heterocycles. The molecule has 0 spiro atoms. The Balaban J connectivity index is 1.90. The van der Waals surface area contributed by atoms with Gasteiger partial charge in [-0.1, -0.05) is 30.4 Å². The highest BCUT2D eigenvalue weighted by atomic mass is 32.1. The fourth-order valence-electron chi connectivity index (χ4n) is 1.94. The molecule has 0 fully saturated rings. The SMILES string of the molecule is CCc1ccc(C(=O)N(C)c2nc3ccccc3s2)o1. The zero-order valence-electron chi connectivity index (χ0n) is 11.3. The molecule has 0 N–H and O–H groups in total. The summed E-state index contributed by atoms with van der Waals surface area (Å²) in [6, 6.07) is 11.4. The molecule has 0 radical (unpaired) electrons. The minimum absolute atomic E-state index is 0.177. The van der Waals surface area contributed by atoms with Crippen molar-refractivity contribution < 1.29 is 9.21 Å². The number of benzene rings is 1. The number of nitrogens with zero attached hydrogens (tertiary/aromatic N) is 2. The number of furan rings is 1. The van der Waals surface area contributed by atoms with Crippen LogP contribution in [0, 0.1) is 0 Å². The molecule has 1 amide bonds. The van der Waals surface area contributed by atoms with Crippen LogP contribution in [-0.4, -0.2) is 17.9 Å². The van der Waals surface area contributed by atoms with Gasteiger partial charge in [0.15, 0.2) is 10.9 Å². The maximum Gasteiger partial charge on any atom is 0.295 e. The Morgan fingerprint density at radius 1 is 1.30 bits per heavy atom. The van der Waals surface area contributed by atoms with Gasteiger partial charge in [-0.3, -0.25) is 9.69 Å². The van der Waals surface area contributed by atoms with Crippen molar-refractivity contribution in [1.82, 2.24) is 4.98 Å². The summed E-state index contributed by atoms with van der Waals surface area (Å²) in [5.74, 6) is 0.985. The molecule has 2 aromatic heterocycles. The topological polar surface area (TPSA) is 46.3 Å². The summed E-state index contributed by atoms with van der Waals surface area (Å²) in [5, 5.41) is 0.672. The van der Waals surface area contributed by atoms with Crippen molar-refractivity contribution in [2.24, 2.45) is 0 Å². The number of para-hydroxylation sites is 1. The third-order valence-corrected chi connectivity index (χ3v) is 4.21. The molecule has 5 heteroatoms. The van der Waals surface area contributed by atoms with Gasteiger partial charge in [0, 0.05) is 13.5 Å². The number of carbonyl (C=O) groups excluding carboxylic acids is 1. The molecular formula is C15H14N2O2S. The summed E-state index contributed by atoms with van der Waals surface area (Å²) in [7, 11) is 1.72. The summed E-state index contributed by atoms with van der Waals surface area (Å²) >= 11 is 1.49. The van der Waals surface area contributed by atoms with E-state index in [1.54, 1.807) is 13.1 Å². The van der Waals surface area contributed by atoms with Crippen LogP contribution in [0.5, 0.6) is 0 Å². The average Bonchev–Trinajstić information content (AvgIpc) is 3.11. The van der Waals surface area contributed by atoms with Gasteiger partial charge >= 0.3 is 0 Å². The number of aromatic nitrogens is 1. The number of hydrogen-bond acceptors (Lipinski definition) is 4. The number of hydrogen-bond donors (Lipinski definition) is 0. The molecule has 20 heavy (non-hydrogen) atoms. The molecule has 1 aromatic carbocycles. The standard InChI is InChI=1S/C15H14N2O2S/c1-3-10-8-9-12(19-10)14(18)17(2)15-16-11-6-4-5-7-13(11)20-15/h4-9H,3H2,1-2H3. The van der Waals surface area contributed by atoms with Gasteiger partial charge in [0.25, 0.3) is 5.91 Å². The second-order valence-corrected chi connectivity index (χ2v) is 5.46. The van der Waals surface area contributed by atoms with E-state index < -0.39 is 0 Å². The molecule has 4 nitrogen and oxygen atoms in total. The van der Waals surface area contributed by atoms with E-state index >= 15 is 0 Å². The Morgan fingerprint density at radius 3 is 2.80 bits per heavy atom. The molecule has 0 saturated carbocycles. The van der Waals surface area contributed by atoms with Gasteiger partial charge < -0.3 is 4.42 Å². The first-order chi connectivity index (χ1) is 9.69. The third kappa shape index (κ3) is 2.20. The van der Waals surface area contributed by atoms with Crippen molar-refractivity contribution >= 4 is 32.6 Å². The largest absolute Gasteiger partial charge is 0.456 e. The maximum atomic E-state index is 12.4. The summed E-state index contributed by atoms with van der Waals surface area (Å²) < 4.78 is 6.56. The van der Waals surface area contributed by atoms with Crippen molar-refractivity contribution in [3.05, 3.63) is 47.9 Å². The normalized spacial score (nSPS) is 10.9. The highest BCUT2D eigenvalue weighted by Gasteiger charge is 2.20. The molecule has 0 aliphatic carbocycles. The quantitative estimate of drug-likeness (QED) is 0.737. The highest BCUT2D eigenvalue weighted by molar-refractivity contribution is 7.22. The van der Waals surface area contributed by atoms with Crippen LogP contribution >= 0.6 is 11.3 Å². The van der Waals surface area contributed by atoms with Gasteiger partial charge in [-0.25, -0.2) is 4.98 Å². The van der Waals surface area contributed by atoms with Crippen LogP contribution in [0.1, 0.15) is 23.2 Å². The molecular weight excluding hydrogens is 272 g/mol. The lowest BCUT2D eigenvalue weighted by atomic mass is 10.3. The number of anilines is 1. The zero-order chi connectivity index (χ0) is 14.1. The Morgan fingerprint density at radius 2 is 2.10 bits per heavy atom. The fourth-order valence-corrected chi connectivity index (χ4v) is 2.86. The number of thiazole rings is 1. The van der Waals surface area contributed by atoms with Crippen LogP contribution in [0.3, 0.4) is 0 Å². The number of aryl methyl sites for hydroxylation is 1. The Bertz CT molecular complexity index is 727. The van der Waals surface area contributed by atoms with Gasteiger partial charge in [-0.2, -0.15) is 0 Å². The molecule has 3 rings (SSSR count). The van der Waals surface area contributed by atoms with Gasteiger partial charge in [-0.15, -0.1) is 0 Å². The van der Waals surface area contributed by atoms with Crippen molar-refractivity contribution in [3.8, 4) is 0 Å². The number of fused-ring (bicyclic) bond motifs is 1. The van der Waals surface area contributed by atoms with Crippen LogP contribution in [0.2, 0.25) is 0 Å². The van der Waals surface area contributed by atoms with Crippen molar-refractivity contribution in [2.75, 3.05) is 11.9 Å². The van der Waals surface area contributed by atoms with Crippen molar-refractivity contribution in [1.29, 1.82) is 0 Å². The first-order valence-corrected chi connectivity index (χ1v) is 7.23. The monoisotopic (exact) mass is 286 g/mol. The smallest absolute Gasteiger partial charge is 0.295 e. The van der Waals surface area contributed by atoms with E-state index in [-0.39, 0.29) is 5.91 Å². The minimum atomic E-state index is -0.177. The summed E-state index contributed by atoms with van der Waals surface area (Å²) in [6.45, 7) is 1.99. The molecule has 3 aromatic rings. The Labute approximate surface area is 120 Å². The summed E-state index contributed by atoms with van der Waals surface area (Å²) in [4.78, 5) is 18.3. The van der Waals surface area contributed by atoms with E-state index in [1.807, 2.05) is 37.3 Å². The molecule has 102 valence electrons. The second-order valence-electron chi connectivity index (χ2n) is 4.45. The van der Waals surface area contributed by atoms with Crippen LogP contribution in [0.4, 0.5) is 5.13 Å². The second kappa shape index (κ2) is 5.09. The lowest BCUT2D eigenvalue weighted by Gasteiger charge is -2.11. The summed E-state index contributed by atoms with van der Waals surface area (Å²) in [5.41, 5.74) is 0.904. The summed E-state index contributed by atoms with van der Waals surface area (Å²) in [6.07, 6.45) is 0.776. The number of rotatable bonds is 3. The fraction of sp³-hybridized carbons (Fsp3) is 0.200. The van der Waals surface area contributed by atoms with Crippen LogP contribution in [0.15, 0.2) is 40.8 Å². The van der Waals surface area contributed by atoms with Gasteiger partial charge in [0.2, 0.25) is 0 Å². The molecule has 0 atom stereocenters. The van der Waals surface area contributed by atoms with Crippen molar-refractivity contribution in [3.63, 3.8) is 0 Å². The molecule has 0 bridgehead atoms. The highest BCUT2D eigenvalue weighted by Crippen LogP contribution is 2.28. The maximum absolute atomic E-state index is 12.4. The first-order valence-electron chi connectivity index (χ1n) is 6.41. The van der Waals surface area contributed by atoms with Gasteiger partial charge in [0.1, 0.15) is 5.76 Å². The van der Waals surface area contributed by atoms with Gasteiger partial charge in [0.05, 0.1) is 10.2 Å². The van der Waals surface area contributed by atoms with E-state index in [2.05, 4.69) is 4.98 Å². The third-order valence-electron chi connectivity index (χ3n) is 3.10. The van der Waals surface area contributed by atoms with Crippen molar-refractivity contribution in [2.45, 2.75) is 13.3 Å². The van der Waals surface area contributed by atoms with E-state index in [1.165, 1.54) is 16.2 Å². The number of carbonyl (C=O) groups is 1. The minimum Gasteiger partial charge on any atom is -0.456 e. The molecule has 0 aliphatic heterocycles.